The van der Waals surface area contributed by atoms with Gasteiger partial charge in [0.25, 0.3) is 0 Å². The lowest BCUT2D eigenvalue weighted by atomic mass is 9.85. The molecular weight excluding hydrogens is 579 g/mol. The number of aromatic nitrogens is 1. The van der Waals surface area contributed by atoms with Crippen molar-refractivity contribution >= 4 is 32.3 Å². The first-order valence-corrected chi connectivity index (χ1v) is 16.5. The average molecular weight is 610 g/mol. The van der Waals surface area contributed by atoms with E-state index in [4.69, 9.17) is 4.98 Å². The molecule has 1 aromatic heterocycles. The lowest BCUT2D eigenvalue weighted by molar-refractivity contribution is 1.33. The molecule has 0 radical (unpaired) electrons. The predicted octanol–water partition coefficient (Wildman–Crippen LogP) is 12.9. The standard InChI is InChI=1S/C47H31N/c1-3-13-35(14-4-1)46-41-19-9-10-20-42(41)47(36-15-5-2-6-16-36)44-30-37(26-27-43(44)46)32-22-24-34(25-23-32)45-31-38(28-29-48-45)40-21-11-17-33-12-7-8-18-39(33)40/h1-31H. The van der Waals surface area contributed by atoms with Crippen molar-refractivity contribution in [2.45, 2.75) is 0 Å². The summed E-state index contributed by atoms with van der Waals surface area (Å²) >= 11 is 0. The summed E-state index contributed by atoms with van der Waals surface area (Å²) < 4.78 is 0. The molecule has 0 unspecified atom stereocenters. The van der Waals surface area contributed by atoms with Crippen molar-refractivity contribution in [3.63, 3.8) is 0 Å². The van der Waals surface area contributed by atoms with Crippen LogP contribution < -0.4 is 0 Å². The van der Waals surface area contributed by atoms with Crippen LogP contribution >= 0.6 is 0 Å². The van der Waals surface area contributed by atoms with Crippen molar-refractivity contribution in [1.29, 1.82) is 0 Å². The molecule has 0 bridgehead atoms. The molecule has 0 amide bonds. The fraction of sp³-hybridized carbons (Fsp3) is 0. The van der Waals surface area contributed by atoms with Gasteiger partial charge in [0.15, 0.2) is 0 Å². The second-order valence-electron chi connectivity index (χ2n) is 12.3. The Bertz CT molecular complexity index is 2580. The first-order valence-electron chi connectivity index (χ1n) is 16.5. The Morgan fingerprint density at radius 2 is 0.833 bits per heavy atom. The molecule has 0 saturated heterocycles. The molecule has 1 heteroatoms. The monoisotopic (exact) mass is 609 g/mol. The molecule has 9 rings (SSSR count). The predicted molar refractivity (Wildman–Crippen MR) is 204 cm³/mol. The van der Waals surface area contributed by atoms with E-state index < -0.39 is 0 Å². The third-order valence-corrected chi connectivity index (χ3v) is 9.52. The summed E-state index contributed by atoms with van der Waals surface area (Å²) in [5, 5.41) is 7.54. The Hall–Kier alpha value is -6.31. The van der Waals surface area contributed by atoms with Gasteiger partial charge >= 0.3 is 0 Å². The van der Waals surface area contributed by atoms with Gasteiger partial charge in [-0.25, -0.2) is 0 Å². The fourth-order valence-corrected chi connectivity index (χ4v) is 7.26. The molecule has 9 aromatic rings. The van der Waals surface area contributed by atoms with E-state index in [2.05, 4.69) is 182 Å². The maximum absolute atomic E-state index is 4.77. The van der Waals surface area contributed by atoms with E-state index in [-0.39, 0.29) is 0 Å². The largest absolute Gasteiger partial charge is 0.256 e. The Morgan fingerprint density at radius 3 is 1.54 bits per heavy atom. The van der Waals surface area contributed by atoms with Gasteiger partial charge in [-0.3, -0.25) is 4.98 Å². The maximum Gasteiger partial charge on any atom is 0.0708 e. The first kappa shape index (κ1) is 28.0. The summed E-state index contributed by atoms with van der Waals surface area (Å²) in [6.45, 7) is 0. The minimum atomic E-state index is 0.968. The quantitative estimate of drug-likeness (QED) is 0.177. The molecule has 0 fully saturated rings. The van der Waals surface area contributed by atoms with Crippen LogP contribution in [-0.2, 0) is 0 Å². The molecule has 48 heavy (non-hydrogen) atoms. The van der Waals surface area contributed by atoms with Crippen molar-refractivity contribution in [2.75, 3.05) is 0 Å². The minimum absolute atomic E-state index is 0.968. The highest BCUT2D eigenvalue weighted by Gasteiger charge is 2.17. The van der Waals surface area contributed by atoms with E-state index in [9.17, 15) is 0 Å². The SMILES string of the molecule is c1ccc(-c2c3ccccc3c(-c3ccccc3)c3cc(-c4ccc(-c5cc(-c6cccc7ccccc67)ccn5)cc4)ccc23)cc1. The van der Waals surface area contributed by atoms with Gasteiger partial charge in [0, 0.05) is 11.8 Å². The molecular formula is C47H31N. The van der Waals surface area contributed by atoms with E-state index in [0.29, 0.717) is 0 Å². The average Bonchev–Trinajstić information content (AvgIpc) is 3.17. The summed E-state index contributed by atoms with van der Waals surface area (Å²) in [6, 6.07) is 65.6. The molecule has 0 aliphatic carbocycles. The highest BCUT2D eigenvalue weighted by atomic mass is 14.7. The fourth-order valence-electron chi connectivity index (χ4n) is 7.26. The summed E-state index contributed by atoms with van der Waals surface area (Å²) in [4.78, 5) is 4.77. The smallest absolute Gasteiger partial charge is 0.0708 e. The molecule has 0 saturated carbocycles. The van der Waals surface area contributed by atoms with E-state index in [1.807, 2.05) is 6.20 Å². The zero-order valence-corrected chi connectivity index (χ0v) is 26.3. The van der Waals surface area contributed by atoms with Crippen LogP contribution in [0.5, 0.6) is 0 Å². The van der Waals surface area contributed by atoms with Gasteiger partial charge in [0.05, 0.1) is 5.69 Å². The van der Waals surface area contributed by atoms with Crippen molar-refractivity contribution in [1.82, 2.24) is 4.98 Å². The lowest BCUT2D eigenvalue weighted by Crippen LogP contribution is -1.91. The molecule has 8 aromatic carbocycles. The second kappa shape index (κ2) is 11.8. The summed E-state index contributed by atoms with van der Waals surface area (Å²) in [5.74, 6) is 0. The van der Waals surface area contributed by atoms with Crippen LogP contribution in [0.3, 0.4) is 0 Å². The third-order valence-electron chi connectivity index (χ3n) is 9.52. The Kier molecular flexibility index (Phi) is 6.87. The van der Waals surface area contributed by atoms with Crippen molar-refractivity contribution in [3.8, 4) is 55.8 Å². The second-order valence-corrected chi connectivity index (χ2v) is 12.3. The molecule has 0 N–H and O–H groups in total. The Balaban J connectivity index is 1.17. The first-order chi connectivity index (χ1) is 23.8. The molecule has 0 spiro atoms. The van der Waals surface area contributed by atoms with Crippen LogP contribution in [0.1, 0.15) is 0 Å². The topological polar surface area (TPSA) is 12.9 Å². The van der Waals surface area contributed by atoms with Crippen LogP contribution in [0.25, 0.3) is 88.1 Å². The zero-order chi connectivity index (χ0) is 31.9. The number of fused-ring (bicyclic) bond motifs is 3. The van der Waals surface area contributed by atoms with Gasteiger partial charge in [0.2, 0.25) is 0 Å². The van der Waals surface area contributed by atoms with Crippen LogP contribution in [0.4, 0.5) is 0 Å². The van der Waals surface area contributed by atoms with Crippen LogP contribution in [0, 0.1) is 0 Å². The summed E-state index contributed by atoms with van der Waals surface area (Å²) in [6.07, 6.45) is 1.92. The maximum atomic E-state index is 4.77. The van der Waals surface area contributed by atoms with Crippen molar-refractivity contribution < 1.29 is 0 Å². The van der Waals surface area contributed by atoms with E-state index in [0.717, 1.165) is 11.3 Å². The van der Waals surface area contributed by atoms with Crippen molar-refractivity contribution in [2.24, 2.45) is 0 Å². The number of benzene rings is 8. The van der Waals surface area contributed by atoms with Crippen molar-refractivity contribution in [3.05, 3.63) is 188 Å². The normalized spacial score (nSPS) is 11.3. The zero-order valence-electron chi connectivity index (χ0n) is 26.3. The van der Waals surface area contributed by atoms with Gasteiger partial charge in [-0.1, -0.05) is 164 Å². The molecule has 224 valence electrons. The van der Waals surface area contributed by atoms with Gasteiger partial charge in [-0.2, -0.15) is 0 Å². The van der Waals surface area contributed by atoms with E-state index in [1.165, 1.54) is 76.8 Å². The molecule has 1 nitrogen and oxygen atoms in total. The number of pyridine rings is 1. The molecule has 0 aliphatic rings. The number of nitrogens with zero attached hydrogens (tertiary/aromatic N) is 1. The summed E-state index contributed by atoms with van der Waals surface area (Å²) in [5.41, 5.74) is 11.8. The van der Waals surface area contributed by atoms with E-state index >= 15 is 0 Å². The van der Waals surface area contributed by atoms with Gasteiger partial charge < -0.3 is 0 Å². The van der Waals surface area contributed by atoms with Crippen LogP contribution in [0.2, 0.25) is 0 Å². The Labute approximate surface area is 280 Å². The van der Waals surface area contributed by atoms with E-state index in [1.54, 1.807) is 0 Å². The number of hydrogen-bond donors (Lipinski definition) is 0. The molecule has 0 aliphatic heterocycles. The lowest BCUT2D eigenvalue weighted by Gasteiger charge is -2.18. The highest BCUT2D eigenvalue weighted by Crippen LogP contribution is 2.44. The van der Waals surface area contributed by atoms with Gasteiger partial charge in [0.1, 0.15) is 0 Å². The molecule has 1 heterocycles. The van der Waals surface area contributed by atoms with Gasteiger partial charge in [-0.05, 0) is 95.0 Å². The van der Waals surface area contributed by atoms with Gasteiger partial charge in [-0.15, -0.1) is 0 Å². The minimum Gasteiger partial charge on any atom is -0.256 e. The number of hydrogen-bond acceptors (Lipinski definition) is 1. The highest BCUT2D eigenvalue weighted by molar-refractivity contribution is 6.22. The molecule has 0 atom stereocenters. The summed E-state index contributed by atoms with van der Waals surface area (Å²) in [7, 11) is 0. The third kappa shape index (κ3) is 4.85. The van der Waals surface area contributed by atoms with Crippen LogP contribution in [0.15, 0.2) is 188 Å². The number of rotatable bonds is 5. The van der Waals surface area contributed by atoms with Crippen LogP contribution in [-0.4, -0.2) is 4.98 Å². The Morgan fingerprint density at radius 1 is 0.292 bits per heavy atom.